The van der Waals surface area contributed by atoms with Gasteiger partial charge in [-0.25, -0.2) is 4.39 Å². The molecule has 100 valence electrons. The molecule has 0 aromatic heterocycles. The highest BCUT2D eigenvalue weighted by Gasteiger charge is 2.07. The quantitative estimate of drug-likeness (QED) is 0.816. The smallest absolute Gasteiger partial charge is 0.123 e. The molecule has 2 rings (SSSR count). The molecule has 0 spiro atoms. The number of hydrogen-bond donors (Lipinski definition) is 1. The third-order valence-corrected chi connectivity index (χ3v) is 3.83. The fourth-order valence-electron chi connectivity index (χ4n) is 1.80. The molecular weight excluding hydrogens is 329 g/mol. The number of hydrogen-bond acceptors (Lipinski definition) is 1. The van der Waals surface area contributed by atoms with Crippen LogP contribution >= 0.6 is 27.5 Å². The molecule has 4 heteroatoms. The summed E-state index contributed by atoms with van der Waals surface area (Å²) in [5.74, 6) is -0.216. The average Bonchev–Trinajstić information content (AvgIpc) is 2.38. The molecule has 0 amide bonds. The van der Waals surface area contributed by atoms with Gasteiger partial charge in [-0.3, -0.25) is 0 Å². The van der Waals surface area contributed by atoms with Crippen LogP contribution in [0.3, 0.4) is 0 Å². The summed E-state index contributed by atoms with van der Waals surface area (Å²) >= 11 is 9.54. The van der Waals surface area contributed by atoms with Crippen LogP contribution in [0.25, 0.3) is 0 Å². The first-order valence-corrected chi connectivity index (χ1v) is 7.16. The minimum atomic E-state index is -0.216. The van der Waals surface area contributed by atoms with Crippen molar-refractivity contribution in [1.82, 2.24) is 5.32 Å². The molecule has 1 atom stereocenters. The third kappa shape index (κ3) is 4.03. The number of nitrogens with one attached hydrogen (secondary N) is 1. The zero-order valence-corrected chi connectivity index (χ0v) is 12.8. The Hall–Kier alpha value is -0.900. The van der Waals surface area contributed by atoms with Gasteiger partial charge in [-0.05, 0) is 42.3 Å². The van der Waals surface area contributed by atoms with Crippen LogP contribution < -0.4 is 5.32 Å². The Morgan fingerprint density at radius 1 is 1.21 bits per heavy atom. The van der Waals surface area contributed by atoms with E-state index in [0.717, 1.165) is 20.6 Å². The molecule has 0 saturated carbocycles. The summed E-state index contributed by atoms with van der Waals surface area (Å²) in [7, 11) is 0. The van der Waals surface area contributed by atoms with Crippen molar-refractivity contribution in [2.75, 3.05) is 0 Å². The third-order valence-electron chi connectivity index (χ3n) is 2.98. The Bertz CT molecular complexity index is 557. The van der Waals surface area contributed by atoms with Crippen LogP contribution in [0.1, 0.15) is 24.1 Å². The van der Waals surface area contributed by atoms with Gasteiger partial charge >= 0.3 is 0 Å². The first kappa shape index (κ1) is 14.5. The van der Waals surface area contributed by atoms with Crippen molar-refractivity contribution < 1.29 is 4.39 Å². The number of benzene rings is 2. The molecule has 0 aliphatic carbocycles. The van der Waals surface area contributed by atoms with E-state index in [1.807, 2.05) is 25.1 Å². The monoisotopic (exact) mass is 341 g/mol. The van der Waals surface area contributed by atoms with E-state index in [1.54, 1.807) is 12.1 Å². The lowest BCUT2D eigenvalue weighted by atomic mass is 10.1. The molecule has 0 radical (unpaired) electrons. The van der Waals surface area contributed by atoms with E-state index in [2.05, 4.69) is 21.2 Å². The molecule has 2 aromatic carbocycles. The van der Waals surface area contributed by atoms with Gasteiger partial charge in [0.1, 0.15) is 5.82 Å². The van der Waals surface area contributed by atoms with E-state index in [9.17, 15) is 4.39 Å². The highest BCUT2D eigenvalue weighted by Crippen LogP contribution is 2.22. The van der Waals surface area contributed by atoms with Gasteiger partial charge in [0, 0.05) is 22.1 Å². The van der Waals surface area contributed by atoms with E-state index >= 15 is 0 Å². The Morgan fingerprint density at radius 2 is 1.89 bits per heavy atom. The fourth-order valence-corrected chi connectivity index (χ4v) is 2.54. The highest BCUT2D eigenvalue weighted by molar-refractivity contribution is 9.10. The lowest BCUT2D eigenvalue weighted by Gasteiger charge is -2.15. The lowest BCUT2D eigenvalue weighted by Crippen LogP contribution is -2.18. The van der Waals surface area contributed by atoms with Gasteiger partial charge in [0.15, 0.2) is 0 Å². The molecule has 0 unspecified atom stereocenters. The summed E-state index contributed by atoms with van der Waals surface area (Å²) in [5.41, 5.74) is 2.09. The molecule has 1 N–H and O–H groups in total. The van der Waals surface area contributed by atoms with E-state index in [0.29, 0.717) is 6.54 Å². The highest BCUT2D eigenvalue weighted by atomic mass is 79.9. The summed E-state index contributed by atoms with van der Waals surface area (Å²) in [6.07, 6.45) is 0. The van der Waals surface area contributed by atoms with Gasteiger partial charge in [0.05, 0.1) is 0 Å². The van der Waals surface area contributed by atoms with Crippen molar-refractivity contribution >= 4 is 27.5 Å². The Morgan fingerprint density at radius 3 is 2.53 bits per heavy atom. The maximum Gasteiger partial charge on any atom is 0.123 e. The van der Waals surface area contributed by atoms with Crippen molar-refractivity contribution in [2.24, 2.45) is 0 Å². The minimum absolute atomic E-state index is 0.139. The second-order valence-electron chi connectivity index (χ2n) is 4.39. The molecule has 19 heavy (non-hydrogen) atoms. The molecule has 1 nitrogen and oxygen atoms in total. The summed E-state index contributed by atoms with van der Waals surface area (Å²) in [6.45, 7) is 2.71. The predicted octanol–water partition coefficient (Wildman–Crippen LogP) is 5.09. The second-order valence-corrected chi connectivity index (χ2v) is 5.71. The van der Waals surface area contributed by atoms with Gasteiger partial charge in [0.25, 0.3) is 0 Å². The van der Waals surface area contributed by atoms with Crippen molar-refractivity contribution in [2.45, 2.75) is 19.5 Å². The van der Waals surface area contributed by atoms with Crippen molar-refractivity contribution in [3.63, 3.8) is 0 Å². The molecule has 0 aliphatic rings. The summed E-state index contributed by atoms with van der Waals surface area (Å²) in [4.78, 5) is 0. The largest absolute Gasteiger partial charge is 0.306 e. The van der Waals surface area contributed by atoms with Crippen LogP contribution in [0, 0.1) is 5.82 Å². The number of rotatable bonds is 4. The van der Waals surface area contributed by atoms with Crippen molar-refractivity contribution in [1.29, 1.82) is 0 Å². The Labute approximate surface area is 125 Å². The zero-order valence-electron chi connectivity index (χ0n) is 10.5. The van der Waals surface area contributed by atoms with Crippen LogP contribution in [0.15, 0.2) is 46.9 Å². The molecule has 0 fully saturated rings. The van der Waals surface area contributed by atoms with Gasteiger partial charge in [-0.1, -0.05) is 45.7 Å². The van der Waals surface area contributed by atoms with Crippen molar-refractivity contribution in [3.05, 3.63) is 68.9 Å². The predicted molar refractivity (Wildman–Crippen MR) is 80.8 cm³/mol. The van der Waals surface area contributed by atoms with E-state index < -0.39 is 0 Å². The maximum atomic E-state index is 12.8. The van der Waals surface area contributed by atoms with E-state index in [1.165, 1.54) is 12.1 Å². The molecule has 0 bridgehead atoms. The van der Waals surface area contributed by atoms with E-state index in [4.69, 9.17) is 11.6 Å². The molecule has 0 saturated heterocycles. The zero-order chi connectivity index (χ0) is 13.8. The van der Waals surface area contributed by atoms with Crippen LogP contribution in [-0.4, -0.2) is 0 Å². The van der Waals surface area contributed by atoms with Crippen LogP contribution in [0.2, 0.25) is 5.02 Å². The Kier molecular flexibility index (Phi) is 4.97. The first-order chi connectivity index (χ1) is 9.06. The summed E-state index contributed by atoms with van der Waals surface area (Å²) in [5, 5.41) is 4.10. The SMILES string of the molecule is C[C@H](NCc1ccc(Br)cc1Cl)c1ccc(F)cc1. The molecule has 0 heterocycles. The standard InChI is InChI=1S/C15H14BrClFN/c1-10(11-3-6-14(18)7-4-11)19-9-12-2-5-13(16)8-15(12)17/h2-8,10,19H,9H2,1H3/t10-/m0/s1. The van der Waals surface area contributed by atoms with Gasteiger partial charge < -0.3 is 5.32 Å². The van der Waals surface area contributed by atoms with Gasteiger partial charge in [-0.15, -0.1) is 0 Å². The Balaban J connectivity index is 2.00. The molecule has 0 aliphatic heterocycles. The maximum absolute atomic E-state index is 12.8. The average molecular weight is 343 g/mol. The van der Waals surface area contributed by atoms with Gasteiger partial charge in [0.2, 0.25) is 0 Å². The molecular formula is C15H14BrClFN. The lowest BCUT2D eigenvalue weighted by molar-refractivity contribution is 0.571. The first-order valence-electron chi connectivity index (χ1n) is 5.99. The number of halogens is 3. The normalized spacial score (nSPS) is 12.4. The topological polar surface area (TPSA) is 12.0 Å². The van der Waals surface area contributed by atoms with Gasteiger partial charge in [-0.2, -0.15) is 0 Å². The minimum Gasteiger partial charge on any atom is -0.306 e. The van der Waals surface area contributed by atoms with Crippen LogP contribution in [0.5, 0.6) is 0 Å². The molecule has 2 aromatic rings. The van der Waals surface area contributed by atoms with Crippen LogP contribution in [0.4, 0.5) is 4.39 Å². The van der Waals surface area contributed by atoms with E-state index in [-0.39, 0.29) is 11.9 Å². The van der Waals surface area contributed by atoms with Crippen molar-refractivity contribution in [3.8, 4) is 0 Å². The fraction of sp³-hybridized carbons (Fsp3) is 0.200. The van der Waals surface area contributed by atoms with Crippen LogP contribution in [-0.2, 0) is 6.54 Å². The summed E-state index contributed by atoms with van der Waals surface area (Å²) < 4.78 is 13.8. The second kappa shape index (κ2) is 6.51. The summed E-state index contributed by atoms with van der Waals surface area (Å²) in [6, 6.07) is 12.5.